The van der Waals surface area contributed by atoms with Gasteiger partial charge in [-0.2, -0.15) is 0 Å². The number of aliphatic imine (C=N–C) groups is 1. The summed E-state index contributed by atoms with van der Waals surface area (Å²) in [7, 11) is 0. The second kappa shape index (κ2) is 6.71. The van der Waals surface area contributed by atoms with E-state index in [0.717, 1.165) is 11.4 Å². The fraction of sp³-hybridized carbons (Fsp3) is 0.0909. The van der Waals surface area contributed by atoms with Gasteiger partial charge in [0.15, 0.2) is 0 Å². The first-order valence-corrected chi connectivity index (χ1v) is 8.24. The third-order valence-electron chi connectivity index (χ3n) is 4.30. The summed E-state index contributed by atoms with van der Waals surface area (Å²) in [4.78, 5) is 4.96. The van der Waals surface area contributed by atoms with Crippen molar-refractivity contribution in [2.24, 2.45) is 4.99 Å². The second-order valence-electron chi connectivity index (χ2n) is 5.96. The summed E-state index contributed by atoms with van der Waals surface area (Å²) >= 11 is 0. The molecule has 0 fully saturated rings. The van der Waals surface area contributed by atoms with Crippen molar-refractivity contribution >= 4 is 5.84 Å². The van der Waals surface area contributed by atoms with E-state index in [4.69, 9.17) is 4.99 Å². The van der Waals surface area contributed by atoms with Gasteiger partial charge >= 0.3 is 0 Å². The van der Waals surface area contributed by atoms with E-state index in [9.17, 15) is 0 Å². The molecular weight excluding hydrogens is 292 g/mol. The fourth-order valence-electron chi connectivity index (χ4n) is 3.13. The van der Waals surface area contributed by atoms with Crippen LogP contribution in [0.1, 0.15) is 28.8 Å². The summed E-state index contributed by atoms with van der Waals surface area (Å²) in [6, 6.07) is 31.6. The lowest BCUT2D eigenvalue weighted by Gasteiger charge is -2.19. The summed E-state index contributed by atoms with van der Waals surface area (Å²) in [5, 5.41) is 3.60. The Bertz CT molecular complexity index is 810. The number of hydrogen-bond donors (Lipinski definition) is 1. The van der Waals surface area contributed by atoms with Crippen LogP contribution in [0.4, 0.5) is 0 Å². The highest BCUT2D eigenvalue weighted by atomic mass is 15.1. The summed E-state index contributed by atoms with van der Waals surface area (Å²) in [6.07, 6.45) is 2.11. The molecule has 117 valence electrons. The Kier molecular flexibility index (Phi) is 4.11. The van der Waals surface area contributed by atoms with Gasteiger partial charge in [-0.15, -0.1) is 0 Å². The molecule has 0 amide bonds. The molecular formula is C22H19N2. The molecule has 2 unspecified atom stereocenters. The molecule has 0 spiro atoms. The Hall–Kier alpha value is -2.87. The molecule has 3 aromatic carbocycles. The molecule has 1 aliphatic heterocycles. The van der Waals surface area contributed by atoms with Crippen LogP contribution in [0, 0.1) is 6.42 Å². The predicted octanol–water partition coefficient (Wildman–Crippen LogP) is 4.72. The van der Waals surface area contributed by atoms with Crippen LogP contribution in [0.2, 0.25) is 0 Å². The molecule has 3 aromatic rings. The van der Waals surface area contributed by atoms with E-state index in [2.05, 4.69) is 72.4 Å². The molecule has 2 nitrogen and oxygen atoms in total. The molecule has 1 N–H and O–H groups in total. The molecule has 24 heavy (non-hydrogen) atoms. The van der Waals surface area contributed by atoms with Crippen LogP contribution in [0.3, 0.4) is 0 Å². The van der Waals surface area contributed by atoms with Crippen molar-refractivity contribution in [1.29, 1.82) is 0 Å². The monoisotopic (exact) mass is 311 g/mol. The zero-order valence-corrected chi connectivity index (χ0v) is 13.3. The van der Waals surface area contributed by atoms with E-state index < -0.39 is 0 Å². The first-order chi connectivity index (χ1) is 11.9. The van der Waals surface area contributed by atoms with Gasteiger partial charge in [-0.3, -0.25) is 4.99 Å². The Balaban J connectivity index is 1.65. The molecule has 0 bridgehead atoms. The third-order valence-corrected chi connectivity index (χ3v) is 4.30. The molecule has 1 aliphatic rings. The highest BCUT2D eigenvalue weighted by molar-refractivity contribution is 5.95. The molecule has 4 rings (SSSR count). The van der Waals surface area contributed by atoms with Gasteiger partial charge in [-0.05, 0) is 16.7 Å². The van der Waals surface area contributed by atoms with Crippen LogP contribution in [0.15, 0.2) is 96.0 Å². The molecule has 2 atom stereocenters. The maximum Gasteiger partial charge on any atom is 0.106 e. The zero-order valence-electron chi connectivity index (χ0n) is 13.3. The van der Waals surface area contributed by atoms with Crippen LogP contribution < -0.4 is 5.32 Å². The summed E-state index contributed by atoms with van der Waals surface area (Å²) in [5.74, 6) is 0.934. The van der Waals surface area contributed by atoms with Crippen LogP contribution in [-0.2, 0) is 0 Å². The molecule has 1 heterocycles. The topological polar surface area (TPSA) is 24.4 Å². The van der Waals surface area contributed by atoms with Crippen LogP contribution in [-0.4, -0.2) is 5.84 Å². The molecule has 0 saturated carbocycles. The third kappa shape index (κ3) is 3.09. The minimum absolute atomic E-state index is 0.0866. The minimum atomic E-state index is 0.0866. The Morgan fingerprint density at radius 3 is 1.83 bits per heavy atom. The number of amidine groups is 1. The van der Waals surface area contributed by atoms with Gasteiger partial charge in [-0.25, -0.2) is 0 Å². The Morgan fingerprint density at radius 1 is 0.667 bits per heavy atom. The van der Waals surface area contributed by atoms with Gasteiger partial charge in [-0.1, -0.05) is 91.0 Å². The van der Waals surface area contributed by atoms with Crippen molar-refractivity contribution in [3.63, 3.8) is 0 Å². The van der Waals surface area contributed by atoms with Crippen molar-refractivity contribution in [2.75, 3.05) is 0 Å². The van der Waals surface area contributed by atoms with Gasteiger partial charge in [0, 0.05) is 0 Å². The summed E-state index contributed by atoms with van der Waals surface area (Å²) in [6.45, 7) is 0. The van der Waals surface area contributed by atoms with E-state index in [1.165, 1.54) is 11.1 Å². The molecule has 2 heteroatoms. The van der Waals surface area contributed by atoms with Gasteiger partial charge in [0.25, 0.3) is 0 Å². The van der Waals surface area contributed by atoms with E-state index in [1.807, 2.05) is 30.3 Å². The largest absolute Gasteiger partial charge is 0.364 e. The van der Waals surface area contributed by atoms with Gasteiger partial charge < -0.3 is 5.32 Å². The zero-order chi connectivity index (χ0) is 16.2. The lowest BCUT2D eigenvalue weighted by Crippen LogP contribution is -2.24. The van der Waals surface area contributed by atoms with Crippen LogP contribution in [0.5, 0.6) is 0 Å². The SMILES string of the molecule is [CH](C1=NC(c2ccccc2)C(c2ccccc2)N1)c1ccccc1. The van der Waals surface area contributed by atoms with Crippen LogP contribution >= 0.6 is 0 Å². The van der Waals surface area contributed by atoms with Gasteiger partial charge in [0.2, 0.25) is 0 Å². The van der Waals surface area contributed by atoms with Crippen molar-refractivity contribution in [1.82, 2.24) is 5.32 Å². The number of hydrogen-bond acceptors (Lipinski definition) is 2. The highest BCUT2D eigenvalue weighted by Crippen LogP contribution is 2.36. The van der Waals surface area contributed by atoms with Crippen molar-refractivity contribution < 1.29 is 0 Å². The molecule has 0 saturated heterocycles. The van der Waals surface area contributed by atoms with Crippen molar-refractivity contribution in [3.05, 3.63) is 114 Å². The van der Waals surface area contributed by atoms with E-state index >= 15 is 0 Å². The van der Waals surface area contributed by atoms with Crippen molar-refractivity contribution in [2.45, 2.75) is 12.1 Å². The molecule has 1 radical (unpaired) electrons. The normalized spacial score (nSPS) is 19.6. The quantitative estimate of drug-likeness (QED) is 0.740. The Labute approximate surface area is 142 Å². The minimum Gasteiger partial charge on any atom is -0.364 e. The van der Waals surface area contributed by atoms with E-state index in [1.54, 1.807) is 0 Å². The number of nitrogens with zero attached hydrogens (tertiary/aromatic N) is 1. The van der Waals surface area contributed by atoms with Crippen molar-refractivity contribution in [3.8, 4) is 0 Å². The first-order valence-electron chi connectivity index (χ1n) is 8.24. The maximum atomic E-state index is 4.96. The highest BCUT2D eigenvalue weighted by Gasteiger charge is 2.30. The standard InChI is InChI=1S/C22H19N2/c1-4-10-17(11-5-1)16-20-23-21(18-12-6-2-7-13-18)22(24-20)19-14-8-3-9-15-19/h1-16,21-22H,(H,23,24). The van der Waals surface area contributed by atoms with Gasteiger partial charge in [0.1, 0.15) is 11.9 Å². The molecule has 0 aliphatic carbocycles. The van der Waals surface area contributed by atoms with E-state index in [-0.39, 0.29) is 12.1 Å². The number of nitrogens with one attached hydrogen (secondary N) is 1. The molecule has 0 aromatic heterocycles. The fourth-order valence-corrected chi connectivity index (χ4v) is 3.13. The van der Waals surface area contributed by atoms with E-state index in [0.29, 0.717) is 0 Å². The summed E-state index contributed by atoms with van der Waals surface area (Å²) in [5.41, 5.74) is 3.64. The van der Waals surface area contributed by atoms with Gasteiger partial charge in [0.05, 0.1) is 12.5 Å². The lowest BCUT2D eigenvalue weighted by molar-refractivity contribution is 0.572. The maximum absolute atomic E-state index is 4.96. The number of benzene rings is 3. The average molecular weight is 311 g/mol. The summed E-state index contributed by atoms with van der Waals surface area (Å²) < 4.78 is 0. The van der Waals surface area contributed by atoms with Crippen LogP contribution in [0.25, 0.3) is 0 Å². The Morgan fingerprint density at radius 2 is 1.21 bits per heavy atom. The first kappa shape index (κ1) is 14.7. The average Bonchev–Trinajstić information content (AvgIpc) is 3.08. The second-order valence-corrected chi connectivity index (χ2v) is 5.96. The predicted molar refractivity (Wildman–Crippen MR) is 98.8 cm³/mol. The number of rotatable bonds is 4. The lowest BCUT2D eigenvalue weighted by atomic mass is 9.95. The smallest absolute Gasteiger partial charge is 0.106 e.